The number of sulfonamides is 1. The molecule has 2 rings (SSSR count). The van der Waals surface area contributed by atoms with Crippen LogP contribution in [-0.4, -0.2) is 15.5 Å². The Bertz CT molecular complexity index is 732. The molecule has 2 aromatic rings. The molecule has 0 aliphatic carbocycles. The van der Waals surface area contributed by atoms with E-state index in [2.05, 4.69) is 0 Å². The van der Waals surface area contributed by atoms with Gasteiger partial charge in [0.15, 0.2) is 15.9 Å². The number of hydrogen-bond donors (Lipinski definition) is 1. The van der Waals surface area contributed by atoms with E-state index < -0.39 is 10.0 Å². The van der Waals surface area contributed by atoms with Crippen molar-refractivity contribution in [3.05, 3.63) is 34.7 Å². The Balaban J connectivity index is 3.05. The number of benzene rings is 1. The summed E-state index contributed by atoms with van der Waals surface area (Å²) in [6.45, 7) is 0. The summed E-state index contributed by atoms with van der Waals surface area (Å²) < 4.78 is 32.9. The van der Waals surface area contributed by atoms with E-state index in [0.717, 1.165) is 6.26 Å². The van der Waals surface area contributed by atoms with Crippen molar-refractivity contribution in [2.75, 3.05) is 7.11 Å². The molecular formula is C10H9NO5S. The maximum absolute atomic E-state index is 11.5. The van der Waals surface area contributed by atoms with Gasteiger partial charge in [-0.3, -0.25) is 4.79 Å². The number of hydrogen-bond acceptors (Lipinski definition) is 5. The van der Waals surface area contributed by atoms with Gasteiger partial charge in [-0.15, -0.1) is 0 Å². The largest absolute Gasteiger partial charge is 0.495 e. The molecule has 0 atom stereocenters. The number of nitrogens with two attached hydrogens (primary N) is 1. The molecule has 2 N–H and O–H groups in total. The van der Waals surface area contributed by atoms with Gasteiger partial charge in [0.05, 0.1) is 18.8 Å². The molecule has 0 saturated heterocycles. The zero-order valence-corrected chi connectivity index (χ0v) is 9.65. The molecule has 0 aliphatic rings. The number of ether oxygens (including phenoxy) is 1. The Morgan fingerprint density at radius 1 is 1.29 bits per heavy atom. The fourth-order valence-electron chi connectivity index (χ4n) is 1.54. The molecule has 0 saturated carbocycles. The van der Waals surface area contributed by atoms with Gasteiger partial charge in [0.2, 0.25) is 10.0 Å². The SMILES string of the molecule is COc1ccc2c(=O)ccoc2c1S(N)(=O)=O. The van der Waals surface area contributed by atoms with Crippen LogP contribution >= 0.6 is 0 Å². The van der Waals surface area contributed by atoms with Crippen molar-refractivity contribution < 1.29 is 17.6 Å². The summed E-state index contributed by atoms with van der Waals surface area (Å²) in [6.07, 6.45) is 1.11. The second-order valence-electron chi connectivity index (χ2n) is 3.30. The first-order valence-corrected chi connectivity index (χ1v) is 6.11. The highest BCUT2D eigenvalue weighted by atomic mass is 32.2. The van der Waals surface area contributed by atoms with Gasteiger partial charge in [-0.1, -0.05) is 0 Å². The molecule has 0 radical (unpaired) electrons. The lowest BCUT2D eigenvalue weighted by Crippen LogP contribution is -2.15. The maximum Gasteiger partial charge on any atom is 0.245 e. The molecule has 90 valence electrons. The second kappa shape index (κ2) is 3.86. The molecule has 1 aromatic carbocycles. The van der Waals surface area contributed by atoms with Gasteiger partial charge >= 0.3 is 0 Å². The highest BCUT2D eigenvalue weighted by molar-refractivity contribution is 7.89. The van der Waals surface area contributed by atoms with E-state index in [-0.39, 0.29) is 27.0 Å². The molecule has 0 fully saturated rings. The fraction of sp³-hybridized carbons (Fsp3) is 0.100. The predicted molar refractivity (Wildman–Crippen MR) is 60.4 cm³/mol. The van der Waals surface area contributed by atoms with Crippen molar-refractivity contribution >= 4 is 21.0 Å². The number of methoxy groups -OCH3 is 1. The van der Waals surface area contributed by atoms with Crippen LogP contribution in [0.15, 0.2) is 38.6 Å². The van der Waals surface area contributed by atoms with E-state index in [0.29, 0.717) is 0 Å². The van der Waals surface area contributed by atoms with E-state index in [1.54, 1.807) is 0 Å². The topological polar surface area (TPSA) is 99.6 Å². The zero-order chi connectivity index (χ0) is 12.6. The summed E-state index contributed by atoms with van der Waals surface area (Å²) in [6, 6.07) is 3.98. The molecule has 0 unspecified atom stereocenters. The summed E-state index contributed by atoms with van der Waals surface area (Å²) in [5.41, 5.74) is -0.446. The third kappa shape index (κ3) is 1.90. The number of primary sulfonamides is 1. The highest BCUT2D eigenvalue weighted by Crippen LogP contribution is 2.29. The van der Waals surface area contributed by atoms with E-state index in [9.17, 15) is 13.2 Å². The normalized spacial score (nSPS) is 11.6. The Labute approximate surface area is 96.7 Å². The summed E-state index contributed by atoms with van der Waals surface area (Å²) in [4.78, 5) is 11.2. The van der Waals surface area contributed by atoms with Gasteiger partial charge in [0.1, 0.15) is 5.75 Å². The third-order valence-corrected chi connectivity index (χ3v) is 3.21. The van der Waals surface area contributed by atoms with E-state index in [1.807, 2.05) is 0 Å². The van der Waals surface area contributed by atoms with Crippen LogP contribution in [0.25, 0.3) is 11.0 Å². The van der Waals surface area contributed by atoms with Gasteiger partial charge in [-0.2, -0.15) is 0 Å². The van der Waals surface area contributed by atoms with Crippen LogP contribution in [-0.2, 0) is 10.0 Å². The first-order valence-electron chi connectivity index (χ1n) is 4.56. The average Bonchev–Trinajstić information content (AvgIpc) is 2.26. The van der Waals surface area contributed by atoms with Crippen LogP contribution in [0.3, 0.4) is 0 Å². The molecular weight excluding hydrogens is 246 g/mol. The first kappa shape index (κ1) is 11.6. The standard InChI is InChI=1S/C10H9NO5S/c1-15-8-3-2-6-7(12)4-5-16-9(6)10(8)17(11,13)14/h2-5H,1H3,(H2,11,13,14). The van der Waals surface area contributed by atoms with E-state index in [1.165, 1.54) is 25.3 Å². The lowest BCUT2D eigenvalue weighted by Gasteiger charge is -2.08. The molecule has 0 amide bonds. The highest BCUT2D eigenvalue weighted by Gasteiger charge is 2.21. The van der Waals surface area contributed by atoms with Gasteiger partial charge in [0.25, 0.3) is 0 Å². The van der Waals surface area contributed by atoms with Gasteiger partial charge in [0, 0.05) is 6.07 Å². The minimum absolute atomic E-state index is 0.0364. The summed E-state index contributed by atoms with van der Waals surface area (Å²) in [5.74, 6) is 0.0364. The Morgan fingerprint density at radius 2 is 2.00 bits per heavy atom. The number of fused-ring (bicyclic) bond motifs is 1. The molecule has 7 heteroatoms. The van der Waals surface area contributed by atoms with Crippen LogP contribution in [0.1, 0.15) is 0 Å². The minimum atomic E-state index is -4.05. The third-order valence-electron chi connectivity index (χ3n) is 2.25. The van der Waals surface area contributed by atoms with Crippen LogP contribution in [0.5, 0.6) is 5.75 Å². The molecule has 1 aromatic heterocycles. The van der Waals surface area contributed by atoms with Crippen molar-refractivity contribution in [2.24, 2.45) is 5.14 Å². The van der Waals surface area contributed by atoms with Crippen LogP contribution < -0.4 is 15.3 Å². The molecule has 6 nitrogen and oxygen atoms in total. The molecule has 0 bridgehead atoms. The molecule has 1 heterocycles. The predicted octanol–water partition coefficient (Wildman–Crippen LogP) is 0.449. The maximum atomic E-state index is 11.5. The smallest absolute Gasteiger partial charge is 0.245 e. The van der Waals surface area contributed by atoms with Crippen LogP contribution in [0, 0.1) is 0 Å². The van der Waals surface area contributed by atoms with Crippen molar-refractivity contribution in [2.45, 2.75) is 4.90 Å². The zero-order valence-electron chi connectivity index (χ0n) is 8.84. The lowest BCUT2D eigenvalue weighted by atomic mass is 10.2. The molecule has 0 spiro atoms. The Morgan fingerprint density at radius 3 is 2.59 bits per heavy atom. The van der Waals surface area contributed by atoms with Crippen molar-refractivity contribution in [3.63, 3.8) is 0 Å². The molecule has 0 aliphatic heterocycles. The fourth-order valence-corrected chi connectivity index (χ4v) is 2.39. The Hall–Kier alpha value is -1.86. The van der Waals surface area contributed by atoms with Gasteiger partial charge in [-0.05, 0) is 12.1 Å². The lowest BCUT2D eigenvalue weighted by molar-refractivity contribution is 0.401. The summed E-state index contributed by atoms with van der Waals surface area (Å²) in [5, 5.41) is 5.22. The van der Waals surface area contributed by atoms with Crippen LogP contribution in [0.2, 0.25) is 0 Å². The van der Waals surface area contributed by atoms with Crippen molar-refractivity contribution in [3.8, 4) is 5.75 Å². The van der Waals surface area contributed by atoms with E-state index in [4.69, 9.17) is 14.3 Å². The van der Waals surface area contributed by atoms with Crippen molar-refractivity contribution in [1.29, 1.82) is 0 Å². The Kier molecular flexibility index (Phi) is 2.64. The van der Waals surface area contributed by atoms with E-state index >= 15 is 0 Å². The van der Waals surface area contributed by atoms with Crippen molar-refractivity contribution in [1.82, 2.24) is 0 Å². The minimum Gasteiger partial charge on any atom is -0.495 e. The second-order valence-corrected chi connectivity index (χ2v) is 4.80. The van der Waals surface area contributed by atoms with Gasteiger partial charge < -0.3 is 9.15 Å². The summed E-state index contributed by atoms with van der Waals surface area (Å²) >= 11 is 0. The van der Waals surface area contributed by atoms with Crippen LogP contribution in [0.4, 0.5) is 0 Å². The number of rotatable bonds is 2. The monoisotopic (exact) mass is 255 g/mol. The summed E-state index contributed by atoms with van der Waals surface area (Å²) in [7, 11) is -2.74. The first-order chi connectivity index (χ1) is 7.95. The molecule has 17 heavy (non-hydrogen) atoms. The quantitative estimate of drug-likeness (QED) is 0.839. The average molecular weight is 255 g/mol. The van der Waals surface area contributed by atoms with Gasteiger partial charge in [-0.25, -0.2) is 13.6 Å².